The highest BCUT2D eigenvalue weighted by atomic mass is 16.7. The molecule has 1 aliphatic heterocycles. The molecule has 0 amide bonds. The maximum atomic E-state index is 8.92. The Bertz CT molecular complexity index is 281. The number of hydrogen-bond donors (Lipinski definition) is 8. The van der Waals surface area contributed by atoms with Crippen LogP contribution in [0.2, 0.25) is 0 Å². The Kier molecular flexibility index (Phi) is 2.03. The molecule has 0 saturated carbocycles. The highest BCUT2D eigenvalue weighted by molar-refractivity contribution is 5.15. The minimum atomic E-state index is -4.01. The van der Waals surface area contributed by atoms with E-state index >= 15 is 0 Å². The molecule has 9 heteroatoms. The van der Waals surface area contributed by atoms with Crippen LogP contribution in [0.5, 0.6) is 0 Å². The first-order valence-electron chi connectivity index (χ1n) is 3.29. The molecule has 0 aromatic carbocycles. The first-order valence-corrected chi connectivity index (χ1v) is 3.29. The van der Waals surface area contributed by atoms with Crippen LogP contribution in [0.1, 0.15) is 0 Å². The van der Waals surface area contributed by atoms with Gasteiger partial charge in [0.25, 0.3) is 5.79 Å². The topological polar surface area (TPSA) is 165 Å². The standard InChI is InChI=1S/C5H9NO8/c7-2-1-6(14)5(12,13)4(10,11)3(2,8)9/h1,7-14H. The van der Waals surface area contributed by atoms with Crippen molar-refractivity contribution in [3.63, 3.8) is 0 Å². The van der Waals surface area contributed by atoms with Gasteiger partial charge in [-0.15, -0.1) is 0 Å². The first-order chi connectivity index (χ1) is 6.05. The van der Waals surface area contributed by atoms with Crippen molar-refractivity contribution in [3.05, 3.63) is 12.0 Å². The molecule has 0 spiro atoms. The lowest BCUT2D eigenvalue weighted by Gasteiger charge is -2.47. The number of hydroxylamine groups is 2. The third kappa shape index (κ3) is 1.02. The highest BCUT2D eigenvalue weighted by Crippen LogP contribution is 2.37. The summed E-state index contributed by atoms with van der Waals surface area (Å²) in [7, 11) is 0. The molecular weight excluding hydrogens is 202 g/mol. The zero-order valence-corrected chi connectivity index (χ0v) is 6.60. The zero-order valence-electron chi connectivity index (χ0n) is 6.60. The fourth-order valence-electron chi connectivity index (χ4n) is 0.868. The Labute approximate surface area is 76.6 Å². The number of aliphatic hydroxyl groups excluding tert-OH is 1. The van der Waals surface area contributed by atoms with Gasteiger partial charge < -0.3 is 35.7 Å². The normalized spacial score (nSPS) is 28.5. The average Bonchev–Trinajstić information content (AvgIpc) is 2.01. The molecule has 0 fully saturated rings. The Morgan fingerprint density at radius 2 is 1.43 bits per heavy atom. The largest absolute Gasteiger partial charge is 0.505 e. The van der Waals surface area contributed by atoms with E-state index in [2.05, 4.69) is 0 Å². The molecule has 0 saturated heterocycles. The number of rotatable bonds is 0. The third-order valence-corrected chi connectivity index (χ3v) is 1.88. The van der Waals surface area contributed by atoms with Crippen LogP contribution in [0.4, 0.5) is 0 Å². The predicted molar refractivity (Wildman–Crippen MR) is 35.8 cm³/mol. The Hall–Kier alpha value is -0.940. The highest BCUT2D eigenvalue weighted by Gasteiger charge is 2.69. The van der Waals surface area contributed by atoms with E-state index in [9.17, 15) is 0 Å². The van der Waals surface area contributed by atoms with Gasteiger partial charge in [0.2, 0.25) is 0 Å². The van der Waals surface area contributed by atoms with Crippen molar-refractivity contribution < 1.29 is 41.0 Å². The van der Waals surface area contributed by atoms with Crippen molar-refractivity contribution in [2.45, 2.75) is 17.5 Å². The summed E-state index contributed by atoms with van der Waals surface area (Å²) in [5.41, 5.74) is 0. The summed E-state index contributed by atoms with van der Waals surface area (Å²) < 4.78 is 0. The van der Waals surface area contributed by atoms with Gasteiger partial charge in [-0.25, -0.2) is 0 Å². The fraction of sp³-hybridized carbons (Fsp3) is 0.600. The van der Waals surface area contributed by atoms with Gasteiger partial charge in [-0.3, -0.25) is 5.21 Å². The number of nitrogens with zero attached hydrogens (tertiary/aromatic N) is 1. The molecule has 0 aliphatic carbocycles. The quantitative estimate of drug-likeness (QED) is 0.187. The minimum absolute atomic E-state index is 0.0880. The Balaban J connectivity index is 3.35. The van der Waals surface area contributed by atoms with E-state index in [4.69, 9.17) is 41.0 Å². The van der Waals surface area contributed by atoms with E-state index in [1.54, 1.807) is 0 Å². The molecule has 1 aliphatic rings. The summed E-state index contributed by atoms with van der Waals surface area (Å²) >= 11 is 0. The summed E-state index contributed by atoms with van der Waals surface area (Å²) in [6.07, 6.45) is 0.0880. The van der Waals surface area contributed by atoms with Gasteiger partial charge in [0, 0.05) is 0 Å². The first kappa shape index (κ1) is 11.1. The van der Waals surface area contributed by atoms with E-state index in [0.29, 0.717) is 0 Å². The van der Waals surface area contributed by atoms with E-state index in [1.807, 2.05) is 0 Å². The summed E-state index contributed by atoms with van der Waals surface area (Å²) in [4.78, 5) is 0. The molecule has 0 bridgehead atoms. The minimum Gasteiger partial charge on any atom is -0.505 e. The lowest BCUT2D eigenvalue weighted by atomic mass is 9.97. The van der Waals surface area contributed by atoms with E-state index in [-0.39, 0.29) is 6.20 Å². The summed E-state index contributed by atoms with van der Waals surface area (Å²) in [5, 5.41) is 70.3. The van der Waals surface area contributed by atoms with Gasteiger partial charge >= 0.3 is 11.7 Å². The van der Waals surface area contributed by atoms with Crippen LogP contribution < -0.4 is 0 Å². The summed E-state index contributed by atoms with van der Waals surface area (Å²) in [6, 6.07) is 0. The van der Waals surface area contributed by atoms with Gasteiger partial charge in [0.05, 0.1) is 6.20 Å². The van der Waals surface area contributed by atoms with E-state index in [0.717, 1.165) is 0 Å². The van der Waals surface area contributed by atoms with Crippen LogP contribution >= 0.6 is 0 Å². The molecule has 0 aromatic rings. The molecule has 0 unspecified atom stereocenters. The zero-order chi connectivity index (χ0) is 11.4. The summed E-state index contributed by atoms with van der Waals surface area (Å²) in [6.45, 7) is 0. The second-order valence-corrected chi connectivity index (χ2v) is 2.84. The van der Waals surface area contributed by atoms with Gasteiger partial charge in [-0.05, 0) is 0 Å². The second kappa shape index (κ2) is 2.55. The fourth-order valence-corrected chi connectivity index (χ4v) is 0.868. The molecule has 0 atom stereocenters. The van der Waals surface area contributed by atoms with Crippen LogP contribution in [-0.2, 0) is 0 Å². The average molecular weight is 211 g/mol. The monoisotopic (exact) mass is 211 g/mol. The van der Waals surface area contributed by atoms with Crippen molar-refractivity contribution in [3.8, 4) is 0 Å². The smallest absolute Gasteiger partial charge is 0.332 e. The van der Waals surface area contributed by atoms with E-state index in [1.165, 1.54) is 0 Å². The van der Waals surface area contributed by atoms with Crippen molar-refractivity contribution in [1.82, 2.24) is 5.06 Å². The molecular formula is C5H9NO8. The van der Waals surface area contributed by atoms with Crippen LogP contribution in [0.25, 0.3) is 0 Å². The molecule has 82 valence electrons. The SMILES string of the molecule is OC1=CN(O)C(O)(O)C(O)(O)C1(O)O. The van der Waals surface area contributed by atoms with Crippen molar-refractivity contribution in [2.24, 2.45) is 0 Å². The maximum Gasteiger partial charge on any atom is 0.332 e. The maximum absolute atomic E-state index is 8.92. The Morgan fingerprint density at radius 3 is 1.86 bits per heavy atom. The third-order valence-electron chi connectivity index (χ3n) is 1.88. The Morgan fingerprint density at radius 1 is 1.00 bits per heavy atom. The molecule has 14 heavy (non-hydrogen) atoms. The molecule has 0 radical (unpaired) electrons. The molecule has 0 aromatic heterocycles. The second-order valence-electron chi connectivity index (χ2n) is 2.84. The van der Waals surface area contributed by atoms with Crippen molar-refractivity contribution >= 4 is 0 Å². The molecule has 8 N–H and O–H groups in total. The lowest BCUT2D eigenvalue weighted by Crippen LogP contribution is -2.75. The van der Waals surface area contributed by atoms with Crippen LogP contribution in [0, 0.1) is 0 Å². The van der Waals surface area contributed by atoms with Crippen LogP contribution in [-0.4, -0.2) is 63.5 Å². The van der Waals surface area contributed by atoms with Gasteiger partial charge in [-0.1, -0.05) is 0 Å². The van der Waals surface area contributed by atoms with Crippen molar-refractivity contribution in [2.75, 3.05) is 0 Å². The lowest BCUT2D eigenvalue weighted by molar-refractivity contribution is -0.513. The van der Waals surface area contributed by atoms with Gasteiger partial charge in [-0.2, -0.15) is 5.06 Å². The molecule has 9 nitrogen and oxygen atoms in total. The van der Waals surface area contributed by atoms with Crippen LogP contribution in [0.15, 0.2) is 12.0 Å². The van der Waals surface area contributed by atoms with Crippen molar-refractivity contribution in [1.29, 1.82) is 0 Å². The predicted octanol–water partition coefficient (Wildman–Crippen LogP) is -3.91. The van der Waals surface area contributed by atoms with Gasteiger partial charge in [0.15, 0.2) is 5.76 Å². The van der Waals surface area contributed by atoms with E-state index < -0.39 is 28.3 Å². The number of aliphatic hydroxyl groups is 7. The van der Waals surface area contributed by atoms with Crippen LogP contribution in [0.3, 0.4) is 0 Å². The molecule has 1 heterocycles. The summed E-state index contributed by atoms with van der Waals surface area (Å²) in [5.74, 6) is -13.0. The van der Waals surface area contributed by atoms with Gasteiger partial charge in [0.1, 0.15) is 0 Å². The molecule has 1 rings (SSSR count). The number of hydrogen-bond acceptors (Lipinski definition) is 9.